The smallest absolute Gasteiger partial charge is 0.240 e. The summed E-state index contributed by atoms with van der Waals surface area (Å²) in [4.78, 5) is 11.9. The summed E-state index contributed by atoms with van der Waals surface area (Å²) in [6, 6.07) is 6.26. The number of sulfonamides is 1. The molecule has 1 aliphatic rings. The third-order valence-corrected chi connectivity index (χ3v) is 5.92. The normalized spacial score (nSPS) is 17.0. The van der Waals surface area contributed by atoms with Crippen LogP contribution in [0.3, 0.4) is 0 Å². The topological polar surface area (TPSA) is 63.2 Å². The molecule has 1 aliphatic carbocycles. The number of nitrogens with one attached hydrogen (secondary N) is 1. The average Bonchev–Trinajstić information content (AvgIpc) is 3.26. The second kappa shape index (κ2) is 5.89. The Hall–Kier alpha value is -1.20. The lowest BCUT2D eigenvalue weighted by molar-refractivity contribution is 0.0988. The molecule has 0 amide bonds. The van der Waals surface area contributed by atoms with Crippen molar-refractivity contribution in [2.45, 2.75) is 44.9 Å². The van der Waals surface area contributed by atoms with E-state index < -0.39 is 10.0 Å². The average molecular weight is 309 g/mol. The summed E-state index contributed by atoms with van der Waals surface area (Å²) < 4.78 is 27.4. The maximum absolute atomic E-state index is 12.4. The van der Waals surface area contributed by atoms with Crippen molar-refractivity contribution in [1.82, 2.24) is 4.72 Å². The fourth-order valence-electron chi connectivity index (χ4n) is 2.48. The van der Waals surface area contributed by atoms with E-state index in [1.165, 1.54) is 12.1 Å². The molecule has 116 valence electrons. The maximum Gasteiger partial charge on any atom is 0.240 e. The lowest BCUT2D eigenvalue weighted by Gasteiger charge is -2.20. The van der Waals surface area contributed by atoms with Crippen LogP contribution in [0, 0.1) is 11.3 Å². The molecule has 0 heterocycles. The van der Waals surface area contributed by atoms with E-state index in [1.807, 2.05) is 0 Å². The summed E-state index contributed by atoms with van der Waals surface area (Å²) in [5, 5.41) is 0. The summed E-state index contributed by atoms with van der Waals surface area (Å²) in [5.74, 6) is 0.418. The first-order valence-electron chi connectivity index (χ1n) is 7.44. The standard InChI is InChI=1S/C16H23NO3S/c1-4-15(18)13-6-5-7-14(10-13)21(19,20)17-11-16(8-9-16)12(2)3/h5-7,10,12,17H,4,8-9,11H2,1-3H3. The molecule has 0 bridgehead atoms. The Morgan fingerprint density at radius 2 is 2.00 bits per heavy atom. The Kier molecular flexibility index (Phi) is 4.54. The van der Waals surface area contributed by atoms with Crippen molar-refractivity contribution >= 4 is 15.8 Å². The Morgan fingerprint density at radius 3 is 2.52 bits per heavy atom. The van der Waals surface area contributed by atoms with Gasteiger partial charge in [-0.25, -0.2) is 13.1 Å². The van der Waals surface area contributed by atoms with Gasteiger partial charge < -0.3 is 0 Å². The van der Waals surface area contributed by atoms with Crippen molar-refractivity contribution in [2.24, 2.45) is 11.3 Å². The van der Waals surface area contributed by atoms with Crippen molar-refractivity contribution in [3.8, 4) is 0 Å². The monoisotopic (exact) mass is 309 g/mol. The third kappa shape index (κ3) is 3.52. The number of carbonyl (C=O) groups is 1. The molecule has 0 atom stereocenters. The molecule has 0 saturated heterocycles. The lowest BCUT2D eigenvalue weighted by atomic mass is 9.93. The fourth-order valence-corrected chi connectivity index (χ4v) is 3.67. The highest BCUT2D eigenvalue weighted by Gasteiger charge is 2.45. The van der Waals surface area contributed by atoms with Crippen molar-refractivity contribution < 1.29 is 13.2 Å². The van der Waals surface area contributed by atoms with Crippen molar-refractivity contribution in [1.29, 1.82) is 0 Å². The van der Waals surface area contributed by atoms with E-state index in [-0.39, 0.29) is 16.1 Å². The molecule has 2 rings (SSSR count). The largest absolute Gasteiger partial charge is 0.294 e. The van der Waals surface area contributed by atoms with Crippen LogP contribution in [0.25, 0.3) is 0 Å². The first kappa shape index (κ1) is 16.2. The van der Waals surface area contributed by atoms with Crippen LogP contribution in [0.15, 0.2) is 29.2 Å². The summed E-state index contributed by atoms with van der Waals surface area (Å²) in [7, 11) is -3.55. The maximum atomic E-state index is 12.4. The number of ketones is 1. The number of carbonyl (C=O) groups excluding carboxylic acids is 1. The highest BCUT2D eigenvalue weighted by molar-refractivity contribution is 7.89. The van der Waals surface area contributed by atoms with Gasteiger partial charge in [-0.15, -0.1) is 0 Å². The second-order valence-electron chi connectivity index (χ2n) is 6.15. The fraction of sp³-hybridized carbons (Fsp3) is 0.562. The summed E-state index contributed by atoms with van der Waals surface area (Å²) >= 11 is 0. The van der Waals surface area contributed by atoms with E-state index in [0.29, 0.717) is 24.4 Å². The summed E-state index contributed by atoms with van der Waals surface area (Å²) in [5.41, 5.74) is 0.564. The number of hydrogen-bond donors (Lipinski definition) is 1. The highest BCUT2D eigenvalue weighted by atomic mass is 32.2. The van der Waals surface area contributed by atoms with Crippen LogP contribution >= 0.6 is 0 Å². The molecular formula is C16H23NO3S. The van der Waals surface area contributed by atoms with Gasteiger partial charge in [0, 0.05) is 18.5 Å². The predicted octanol–water partition coefficient (Wildman–Crippen LogP) is 2.99. The molecule has 5 heteroatoms. The molecule has 1 saturated carbocycles. The van der Waals surface area contributed by atoms with Gasteiger partial charge in [-0.1, -0.05) is 32.9 Å². The van der Waals surface area contributed by atoms with E-state index in [9.17, 15) is 13.2 Å². The number of Topliss-reactive ketones (excluding diaryl/α,β-unsaturated/α-hetero) is 1. The Labute approximate surface area is 127 Å². The molecule has 1 aromatic carbocycles. The van der Waals surface area contributed by atoms with Gasteiger partial charge in [0.1, 0.15) is 0 Å². The molecule has 21 heavy (non-hydrogen) atoms. The van der Waals surface area contributed by atoms with Gasteiger partial charge in [-0.2, -0.15) is 0 Å². The van der Waals surface area contributed by atoms with Crippen molar-refractivity contribution in [3.05, 3.63) is 29.8 Å². The zero-order valence-electron chi connectivity index (χ0n) is 12.8. The van der Waals surface area contributed by atoms with Gasteiger partial charge in [-0.3, -0.25) is 4.79 Å². The summed E-state index contributed by atoms with van der Waals surface area (Å²) in [6.45, 7) is 6.49. The van der Waals surface area contributed by atoms with Crippen LogP contribution in [0.5, 0.6) is 0 Å². The van der Waals surface area contributed by atoms with Gasteiger partial charge >= 0.3 is 0 Å². The first-order valence-corrected chi connectivity index (χ1v) is 8.92. The van der Waals surface area contributed by atoms with E-state index in [2.05, 4.69) is 18.6 Å². The Balaban J connectivity index is 2.14. The van der Waals surface area contributed by atoms with Crippen LogP contribution in [-0.2, 0) is 10.0 Å². The zero-order valence-corrected chi connectivity index (χ0v) is 13.7. The van der Waals surface area contributed by atoms with Crippen LogP contribution in [0.1, 0.15) is 50.4 Å². The van der Waals surface area contributed by atoms with Gasteiger partial charge in [0.15, 0.2) is 5.78 Å². The molecular weight excluding hydrogens is 286 g/mol. The minimum Gasteiger partial charge on any atom is -0.294 e. The molecule has 0 radical (unpaired) electrons. The van der Waals surface area contributed by atoms with Gasteiger partial charge in [0.2, 0.25) is 10.0 Å². The van der Waals surface area contributed by atoms with Crippen molar-refractivity contribution in [2.75, 3.05) is 6.54 Å². The third-order valence-electron chi connectivity index (χ3n) is 4.52. The Morgan fingerprint density at radius 1 is 1.33 bits per heavy atom. The van der Waals surface area contributed by atoms with E-state index in [0.717, 1.165) is 12.8 Å². The molecule has 4 nitrogen and oxygen atoms in total. The molecule has 0 aliphatic heterocycles. The molecule has 0 aromatic heterocycles. The minimum absolute atomic E-state index is 0.0482. The van der Waals surface area contributed by atoms with Crippen LogP contribution < -0.4 is 4.72 Å². The van der Waals surface area contributed by atoms with Gasteiger partial charge in [0.05, 0.1) is 4.90 Å². The zero-order chi connectivity index (χ0) is 15.7. The van der Waals surface area contributed by atoms with E-state index in [4.69, 9.17) is 0 Å². The van der Waals surface area contributed by atoms with Crippen LogP contribution in [-0.4, -0.2) is 20.7 Å². The van der Waals surface area contributed by atoms with Crippen LogP contribution in [0.2, 0.25) is 0 Å². The number of benzene rings is 1. The minimum atomic E-state index is -3.55. The molecule has 0 unspecified atom stereocenters. The first-order chi connectivity index (χ1) is 9.81. The molecule has 1 aromatic rings. The van der Waals surface area contributed by atoms with Crippen molar-refractivity contribution in [3.63, 3.8) is 0 Å². The van der Waals surface area contributed by atoms with Gasteiger partial charge in [-0.05, 0) is 36.3 Å². The predicted molar refractivity (Wildman–Crippen MR) is 82.8 cm³/mol. The molecule has 0 spiro atoms. The van der Waals surface area contributed by atoms with E-state index >= 15 is 0 Å². The van der Waals surface area contributed by atoms with E-state index in [1.54, 1.807) is 19.1 Å². The SMILES string of the molecule is CCC(=O)c1cccc(S(=O)(=O)NCC2(C(C)C)CC2)c1. The number of hydrogen-bond acceptors (Lipinski definition) is 3. The molecule has 1 N–H and O–H groups in total. The van der Waals surface area contributed by atoms with Gasteiger partial charge in [0.25, 0.3) is 0 Å². The lowest BCUT2D eigenvalue weighted by Crippen LogP contribution is -2.32. The quantitative estimate of drug-likeness (QED) is 0.788. The Bertz CT molecular complexity index is 631. The van der Waals surface area contributed by atoms with Crippen LogP contribution in [0.4, 0.5) is 0 Å². The molecule has 1 fully saturated rings. The highest BCUT2D eigenvalue weighted by Crippen LogP contribution is 2.51. The second-order valence-corrected chi connectivity index (χ2v) is 7.91. The summed E-state index contributed by atoms with van der Waals surface area (Å²) in [6.07, 6.45) is 2.51. The number of rotatable bonds is 7.